The fourth-order valence-corrected chi connectivity index (χ4v) is 2.49. The van der Waals surface area contributed by atoms with E-state index in [0.29, 0.717) is 5.92 Å². The van der Waals surface area contributed by atoms with Crippen LogP contribution < -0.4 is 5.32 Å². The molecule has 1 aromatic carbocycles. The standard InChI is InChI=1S/C15H18FN3/c1-9-14(10(2)19-18-9)17-15(11-3-4-11)12-5-7-13(16)8-6-12/h5-8,11,15,17H,3-4H2,1-2H3,(H,18,19). The average molecular weight is 259 g/mol. The smallest absolute Gasteiger partial charge is 0.123 e. The average Bonchev–Trinajstić information content (AvgIpc) is 3.18. The Bertz CT molecular complexity index is 550. The molecule has 1 heterocycles. The Morgan fingerprint density at radius 1 is 1.26 bits per heavy atom. The molecule has 0 bridgehead atoms. The Hall–Kier alpha value is -1.84. The maximum Gasteiger partial charge on any atom is 0.123 e. The van der Waals surface area contributed by atoms with Crippen LogP contribution in [0, 0.1) is 25.6 Å². The summed E-state index contributed by atoms with van der Waals surface area (Å²) in [7, 11) is 0. The fourth-order valence-electron chi connectivity index (χ4n) is 2.49. The van der Waals surface area contributed by atoms with Crippen LogP contribution in [0.2, 0.25) is 0 Å². The second-order valence-corrected chi connectivity index (χ2v) is 5.32. The lowest BCUT2D eigenvalue weighted by Crippen LogP contribution is -2.13. The second kappa shape index (κ2) is 4.68. The van der Waals surface area contributed by atoms with Gasteiger partial charge in [0.25, 0.3) is 0 Å². The first-order chi connectivity index (χ1) is 9.15. The largest absolute Gasteiger partial charge is 0.375 e. The molecule has 0 aliphatic heterocycles. The summed E-state index contributed by atoms with van der Waals surface area (Å²) in [6.07, 6.45) is 2.45. The van der Waals surface area contributed by atoms with Gasteiger partial charge < -0.3 is 5.32 Å². The van der Waals surface area contributed by atoms with E-state index in [1.165, 1.54) is 25.0 Å². The van der Waals surface area contributed by atoms with Crippen molar-refractivity contribution in [2.45, 2.75) is 32.7 Å². The quantitative estimate of drug-likeness (QED) is 0.878. The van der Waals surface area contributed by atoms with Crippen molar-refractivity contribution in [2.24, 2.45) is 5.92 Å². The Labute approximate surface area is 112 Å². The number of aryl methyl sites for hydroxylation is 2. The van der Waals surface area contributed by atoms with Crippen molar-refractivity contribution >= 4 is 5.69 Å². The van der Waals surface area contributed by atoms with Gasteiger partial charge in [-0.05, 0) is 50.3 Å². The number of rotatable bonds is 4. The SMILES string of the molecule is Cc1n[nH]c(C)c1NC(c1ccc(F)cc1)C1CC1. The predicted molar refractivity (Wildman–Crippen MR) is 73.5 cm³/mol. The predicted octanol–water partition coefficient (Wildman–Crippen LogP) is 3.73. The molecule has 3 nitrogen and oxygen atoms in total. The number of aromatic nitrogens is 2. The minimum atomic E-state index is -0.186. The van der Waals surface area contributed by atoms with Crippen LogP contribution in [-0.4, -0.2) is 10.2 Å². The van der Waals surface area contributed by atoms with Gasteiger partial charge in [0, 0.05) is 0 Å². The van der Waals surface area contributed by atoms with Crippen LogP contribution in [0.4, 0.5) is 10.1 Å². The van der Waals surface area contributed by atoms with E-state index in [0.717, 1.165) is 22.6 Å². The van der Waals surface area contributed by atoms with Crippen molar-refractivity contribution in [1.82, 2.24) is 10.2 Å². The van der Waals surface area contributed by atoms with Crippen LogP contribution in [0.1, 0.15) is 35.8 Å². The van der Waals surface area contributed by atoms with Gasteiger partial charge in [0.2, 0.25) is 0 Å². The zero-order chi connectivity index (χ0) is 13.4. The van der Waals surface area contributed by atoms with Gasteiger partial charge in [0.15, 0.2) is 0 Å². The van der Waals surface area contributed by atoms with Crippen molar-refractivity contribution in [3.05, 3.63) is 47.0 Å². The first-order valence-corrected chi connectivity index (χ1v) is 6.68. The zero-order valence-electron chi connectivity index (χ0n) is 11.2. The van der Waals surface area contributed by atoms with Gasteiger partial charge in [-0.15, -0.1) is 0 Å². The molecule has 1 aliphatic carbocycles. The molecule has 0 radical (unpaired) electrons. The van der Waals surface area contributed by atoms with Crippen molar-refractivity contribution < 1.29 is 4.39 Å². The Morgan fingerprint density at radius 3 is 2.47 bits per heavy atom. The molecule has 1 aromatic heterocycles. The summed E-state index contributed by atoms with van der Waals surface area (Å²) in [5.74, 6) is 0.452. The maximum atomic E-state index is 13.0. The molecule has 2 aromatic rings. The van der Waals surface area contributed by atoms with Gasteiger partial charge >= 0.3 is 0 Å². The third-order valence-electron chi connectivity index (χ3n) is 3.75. The number of halogens is 1. The van der Waals surface area contributed by atoms with E-state index in [1.54, 1.807) is 0 Å². The summed E-state index contributed by atoms with van der Waals surface area (Å²) >= 11 is 0. The summed E-state index contributed by atoms with van der Waals surface area (Å²) in [6, 6.07) is 7.05. The fraction of sp³-hybridized carbons (Fsp3) is 0.400. The number of hydrogen-bond acceptors (Lipinski definition) is 2. The molecule has 2 N–H and O–H groups in total. The maximum absolute atomic E-state index is 13.0. The third kappa shape index (κ3) is 2.48. The molecule has 1 atom stereocenters. The number of nitrogens with zero attached hydrogens (tertiary/aromatic N) is 1. The summed E-state index contributed by atoms with van der Waals surface area (Å²) in [4.78, 5) is 0. The number of nitrogens with one attached hydrogen (secondary N) is 2. The molecule has 1 unspecified atom stereocenters. The van der Waals surface area contributed by atoms with Crippen molar-refractivity contribution in [1.29, 1.82) is 0 Å². The van der Waals surface area contributed by atoms with Crippen LogP contribution in [0.5, 0.6) is 0 Å². The lowest BCUT2D eigenvalue weighted by atomic mass is 10.0. The first kappa shape index (κ1) is 12.2. The van der Waals surface area contributed by atoms with Crippen LogP contribution in [0.25, 0.3) is 0 Å². The highest BCUT2D eigenvalue weighted by Gasteiger charge is 2.33. The number of anilines is 1. The topological polar surface area (TPSA) is 40.7 Å². The molecule has 0 saturated heterocycles. The molecule has 1 fully saturated rings. The molecule has 19 heavy (non-hydrogen) atoms. The highest BCUT2D eigenvalue weighted by molar-refractivity contribution is 5.53. The molecule has 100 valence electrons. The van der Waals surface area contributed by atoms with Gasteiger partial charge in [0.1, 0.15) is 5.82 Å². The Balaban J connectivity index is 1.88. The second-order valence-electron chi connectivity index (χ2n) is 5.32. The normalized spacial score (nSPS) is 16.4. The number of aromatic amines is 1. The number of hydrogen-bond donors (Lipinski definition) is 2. The van der Waals surface area contributed by atoms with Gasteiger partial charge in [-0.3, -0.25) is 5.10 Å². The van der Waals surface area contributed by atoms with Gasteiger partial charge in [0.05, 0.1) is 23.1 Å². The van der Waals surface area contributed by atoms with Gasteiger partial charge in [-0.1, -0.05) is 12.1 Å². The minimum Gasteiger partial charge on any atom is -0.375 e. The summed E-state index contributed by atoms with van der Waals surface area (Å²) < 4.78 is 13.0. The summed E-state index contributed by atoms with van der Waals surface area (Å²) in [5.41, 5.74) is 4.24. The Morgan fingerprint density at radius 2 is 1.95 bits per heavy atom. The van der Waals surface area contributed by atoms with E-state index in [9.17, 15) is 4.39 Å². The monoisotopic (exact) mass is 259 g/mol. The van der Waals surface area contributed by atoms with Crippen molar-refractivity contribution in [3.8, 4) is 0 Å². The molecule has 0 spiro atoms. The van der Waals surface area contributed by atoms with E-state index in [-0.39, 0.29) is 11.9 Å². The van der Waals surface area contributed by atoms with Crippen LogP contribution in [0.3, 0.4) is 0 Å². The summed E-state index contributed by atoms with van der Waals surface area (Å²) in [6.45, 7) is 4.00. The van der Waals surface area contributed by atoms with E-state index in [1.807, 2.05) is 26.0 Å². The van der Waals surface area contributed by atoms with Crippen LogP contribution in [0.15, 0.2) is 24.3 Å². The third-order valence-corrected chi connectivity index (χ3v) is 3.75. The summed E-state index contributed by atoms with van der Waals surface area (Å²) in [5, 5.41) is 10.8. The molecule has 3 rings (SSSR count). The van der Waals surface area contributed by atoms with Gasteiger partial charge in [-0.25, -0.2) is 4.39 Å². The highest BCUT2D eigenvalue weighted by atomic mass is 19.1. The van der Waals surface area contributed by atoms with E-state index < -0.39 is 0 Å². The molecule has 1 saturated carbocycles. The first-order valence-electron chi connectivity index (χ1n) is 6.68. The van der Waals surface area contributed by atoms with Crippen molar-refractivity contribution in [2.75, 3.05) is 5.32 Å². The lowest BCUT2D eigenvalue weighted by Gasteiger charge is -2.20. The zero-order valence-corrected chi connectivity index (χ0v) is 11.2. The van der Waals surface area contributed by atoms with Crippen molar-refractivity contribution in [3.63, 3.8) is 0 Å². The minimum absolute atomic E-state index is 0.186. The molecule has 0 amide bonds. The van der Waals surface area contributed by atoms with E-state index >= 15 is 0 Å². The Kier molecular flexibility index (Phi) is 3.01. The van der Waals surface area contributed by atoms with Crippen LogP contribution in [-0.2, 0) is 0 Å². The van der Waals surface area contributed by atoms with E-state index in [4.69, 9.17) is 0 Å². The van der Waals surface area contributed by atoms with Gasteiger partial charge in [-0.2, -0.15) is 5.10 Å². The molecule has 1 aliphatic rings. The van der Waals surface area contributed by atoms with E-state index in [2.05, 4.69) is 15.5 Å². The lowest BCUT2D eigenvalue weighted by molar-refractivity contribution is 0.622. The van der Waals surface area contributed by atoms with Crippen LogP contribution >= 0.6 is 0 Å². The molecular weight excluding hydrogens is 241 g/mol. The highest BCUT2D eigenvalue weighted by Crippen LogP contribution is 2.43. The number of H-pyrrole nitrogens is 1. The molecular formula is C15H18FN3. The number of benzene rings is 1. The molecule has 4 heteroatoms.